The van der Waals surface area contributed by atoms with Gasteiger partial charge in [0.05, 0.1) is 11.1 Å². The molecular weight excluding hydrogens is 296 g/mol. The van der Waals surface area contributed by atoms with E-state index in [9.17, 15) is 19.5 Å². The minimum absolute atomic E-state index is 0.0279. The minimum Gasteiger partial charge on any atom is -0.480 e. The monoisotopic (exact) mass is 314 g/mol. The molecule has 0 fully saturated rings. The topological polar surface area (TPSA) is 96.4 Å². The van der Waals surface area contributed by atoms with Crippen LogP contribution in [0.5, 0.6) is 0 Å². The van der Waals surface area contributed by atoms with Crippen LogP contribution in [0.3, 0.4) is 0 Å². The van der Waals surface area contributed by atoms with Crippen LogP contribution in [0.25, 0.3) is 10.9 Å². The summed E-state index contributed by atoms with van der Waals surface area (Å²) in [5.74, 6) is -1.67. The lowest BCUT2D eigenvalue weighted by molar-refractivity contribution is -0.139. The van der Waals surface area contributed by atoms with E-state index < -0.39 is 17.9 Å². The van der Waals surface area contributed by atoms with Gasteiger partial charge in [0, 0.05) is 24.4 Å². The highest BCUT2D eigenvalue weighted by Crippen LogP contribution is 2.16. The summed E-state index contributed by atoms with van der Waals surface area (Å²) < 4.78 is 0. The molecule has 23 heavy (non-hydrogen) atoms. The minimum atomic E-state index is -1.15. The number of benzene rings is 1. The summed E-state index contributed by atoms with van der Waals surface area (Å²) in [4.78, 5) is 39.2. The highest BCUT2D eigenvalue weighted by atomic mass is 16.4. The number of carbonyl (C=O) groups is 3. The summed E-state index contributed by atoms with van der Waals surface area (Å²) in [7, 11) is 0. The number of carbonyl (C=O) groups excluding carboxylic acids is 2. The number of aromatic nitrogens is 1. The molecule has 0 spiro atoms. The van der Waals surface area contributed by atoms with Gasteiger partial charge in [-0.1, -0.05) is 25.1 Å². The number of Topliss-reactive ketones (excluding diaryl/α,β-unsaturated/α-hetero) is 1. The fourth-order valence-corrected chi connectivity index (χ4v) is 2.27. The van der Waals surface area contributed by atoms with Crippen molar-refractivity contribution in [1.82, 2.24) is 10.3 Å². The SMILES string of the molecule is CCC(=O)CC[C@H](NC(=O)c1ccnc2ccccc12)C(=O)O. The van der Waals surface area contributed by atoms with Crippen molar-refractivity contribution >= 4 is 28.6 Å². The Balaban J connectivity index is 2.17. The molecule has 0 bridgehead atoms. The molecular formula is C17H18N2O4. The Kier molecular flexibility index (Phi) is 5.41. The van der Waals surface area contributed by atoms with Crippen molar-refractivity contribution in [3.05, 3.63) is 42.1 Å². The van der Waals surface area contributed by atoms with Crippen molar-refractivity contribution in [3.8, 4) is 0 Å². The fraction of sp³-hybridized carbons (Fsp3) is 0.294. The number of nitrogens with one attached hydrogen (secondary N) is 1. The van der Waals surface area contributed by atoms with Gasteiger partial charge in [0.25, 0.3) is 5.91 Å². The maximum Gasteiger partial charge on any atom is 0.326 e. The van der Waals surface area contributed by atoms with E-state index in [4.69, 9.17) is 0 Å². The average Bonchev–Trinajstić information content (AvgIpc) is 2.57. The van der Waals surface area contributed by atoms with Gasteiger partial charge in [-0.2, -0.15) is 0 Å². The molecule has 2 rings (SSSR count). The summed E-state index contributed by atoms with van der Waals surface area (Å²) in [6.07, 6.45) is 2.07. The van der Waals surface area contributed by atoms with Gasteiger partial charge in [0.1, 0.15) is 11.8 Å². The Hall–Kier alpha value is -2.76. The molecule has 1 atom stereocenters. The van der Waals surface area contributed by atoms with Gasteiger partial charge < -0.3 is 10.4 Å². The maximum absolute atomic E-state index is 12.4. The van der Waals surface area contributed by atoms with Gasteiger partial charge >= 0.3 is 5.97 Å². The van der Waals surface area contributed by atoms with Gasteiger partial charge in [-0.05, 0) is 18.6 Å². The predicted octanol–water partition coefficient (Wildman–Crippen LogP) is 2.18. The highest BCUT2D eigenvalue weighted by Gasteiger charge is 2.22. The Morgan fingerprint density at radius 3 is 2.65 bits per heavy atom. The predicted molar refractivity (Wildman–Crippen MR) is 85.2 cm³/mol. The lowest BCUT2D eigenvalue weighted by atomic mass is 10.1. The number of aliphatic carboxylic acids is 1. The van der Waals surface area contributed by atoms with Crippen LogP contribution >= 0.6 is 0 Å². The second-order valence-corrected chi connectivity index (χ2v) is 5.17. The van der Waals surface area contributed by atoms with E-state index in [1.54, 1.807) is 31.2 Å². The van der Waals surface area contributed by atoms with Crippen LogP contribution in [0.15, 0.2) is 36.5 Å². The van der Waals surface area contributed by atoms with E-state index in [0.29, 0.717) is 22.9 Å². The van der Waals surface area contributed by atoms with Crippen molar-refractivity contribution in [2.45, 2.75) is 32.2 Å². The van der Waals surface area contributed by atoms with Gasteiger partial charge in [0.15, 0.2) is 0 Å². The third-order valence-corrected chi connectivity index (χ3v) is 3.60. The zero-order chi connectivity index (χ0) is 16.8. The number of amides is 1. The number of carboxylic acids is 1. The van der Waals surface area contributed by atoms with Gasteiger partial charge in [-0.25, -0.2) is 4.79 Å². The molecule has 1 aromatic carbocycles. The summed E-state index contributed by atoms with van der Waals surface area (Å²) in [5, 5.41) is 12.4. The van der Waals surface area contributed by atoms with E-state index in [1.165, 1.54) is 6.20 Å². The van der Waals surface area contributed by atoms with E-state index in [0.717, 1.165) is 0 Å². The van der Waals surface area contributed by atoms with Crippen LogP contribution < -0.4 is 5.32 Å². The van der Waals surface area contributed by atoms with Crippen LogP contribution in [0.1, 0.15) is 36.5 Å². The first kappa shape index (κ1) is 16.6. The first-order chi connectivity index (χ1) is 11.0. The van der Waals surface area contributed by atoms with Crippen molar-refractivity contribution in [2.75, 3.05) is 0 Å². The molecule has 1 heterocycles. The lowest BCUT2D eigenvalue weighted by Gasteiger charge is -2.15. The van der Waals surface area contributed by atoms with E-state index >= 15 is 0 Å². The van der Waals surface area contributed by atoms with Crippen molar-refractivity contribution in [1.29, 1.82) is 0 Å². The molecule has 0 saturated heterocycles. The molecule has 6 nitrogen and oxygen atoms in total. The van der Waals surface area contributed by atoms with Crippen molar-refractivity contribution in [2.24, 2.45) is 0 Å². The number of carboxylic acid groups (broad SMARTS) is 1. The van der Waals surface area contributed by atoms with Gasteiger partial charge in [-0.3, -0.25) is 14.6 Å². The second-order valence-electron chi connectivity index (χ2n) is 5.17. The maximum atomic E-state index is 12.4. The summed E-state index contributed by atoms with van der Waals surface area (Å²) in [6, 6.07) is 7.59. The zero-order valence-electron chi connectivity index (χ0n) is 12.8. The molecule has 120 valence electrons. The Morgan fingerprint density at radius 1 is 1.22 bits per heavy atom. The molecule has 1 aromatic heterocycles. The first-order valence-corrected chi connectivity index (χ1v) is 7.42. The number of para-hydroxylation sites is 1. The van der Waals surface area contributed by atoms with E-state index in [-0.39, 0.29) is 18.6 Å². The number of hydrogen-bond acceptors (Lipinski definition) is 4. The molecule has 0 unspecified atom stereocenters. The number of ketones is 1. The molecule has 0 radical (unpaired) electrons. The normalized spacial score (nSPS) is 11.9. The molecule has 2 aromatic rings. The van der Waals surface area contributed by atoms with E-state index in [1.807, 2.05) is 6.07 Å². The summed E-state index contributed by atoms with van der Waals surface area (Å²) >= 11 is 0. The molecule has 0 aliphatic carbocycles. The number of hydrogen-bond donors (Lipinski definition) is 2. The Bertz CT molecular complexity index is 737. The van der Waals surface area contributed by atoms with Crippen molar-refractivity contribution < 1.29 is 19.5 Å². The smallest absolute Gasteiger partial charge is 0.326 e. The molecule has 2 N–H and O–H groups in total. The lowest BCUT2D eigenvalue weighted by Crippen LogP contribution is -2.41. The summed E-state index contributed by atoms with van der Waals surface area (Å²) in [6.45, 7) is 1.72. The van der Waals surface area contributed by atoms with E-state index in [2.05, 4.69) is 10.3 Å². The Morgan fingerprint density at radius 2 is 1.96 bits per heavy atom. The van der Waals surface area contributed by atoms with Crippen LogP contribution in [-0.4, -0.2) is 33.8 Å². The highest BCUT2D eigenvalue weighted by molar-refractivity contribution is 6.06. The standard InChI is InChI=1S/C17H18N2O4/c1-2-11(20)7-8-15(17(22)23)19-16(21)13-9-10-18-14-6-4-3-5-12(13)14/h3-6,9-10,15H,2,7-8H2,1H3,(H,19,21)(H,22,23)/t15-/m0/s1. The molecule has 0 aliphatic rings. The number of pyridine rings is 1. The van der Waals surface area contributed by atoms with Crippen LogP contribution in [0.2, 0.25) is 0 Å². The molecule has 0 saturated carbocycles. The largest absolute Gasteiger partial charge is 0.480 e. The third kappa shape index (κ3) is 4.12. The van der Waals surface area contributed by atoms with Crippen molar-refractivity contribution in [3.63, 3.8) is 0 Å². The van der Waals surface area contributed by atoms with Gasteiger partial charge in [-0.15, -0.1) is 0 Å². The molecule has 0 aliphatic heterocycles. The zero-order valence-corrected chi connectivity index (χ0v) is 12.8. The fourth-order valence-electron chi connectivity index (χ4n) is 2.27. The third-order valence-electron chi connectivity index (χ3n) is 3.60. The summed E-state index contributed by atoms with van der Waals surface area (Å²) in [5.41, 5.74) is 1.02. The van der Waals surface area contributed by atoms with Crippen LogP contribution in [-0.2, 0) is 9.59 Å². The van der Waals surface area contributed by atoms with Crippen LogP contribution in [0, 0.1) is 0 Å². The average molecular weight is 314 g/mol. The quantitative estimate of drug-likeness (QED) is 0.816. The number of nitrogens with zero attached hydrogens (tertiary/aromatic N) is 1. The second kappa shape index (κ2) is 7.49. The number of fused-ring (bicyclic) bond motifs is 1. The first-order valence-electron chi connectivity index (χ1n) is 7.42. The molecule has 6 heteroatoms. The number of rotatable bonds is 7. The van der Waals surface area contributed by atoms with Crippen LogP contribution in [0.4, 0.5) is 0 Å². The van der Waals surface area contributed by atoms with Gasteiger partial charge in [0.2, 0.25) is 0 Å². The Labute approximate surface area is 133 Å². The molecule has 1 amide bonds.